The number of ether oxygens (including phenoxy) is 1. The number of pyridine rings is 1. The molecule has 0 unspecified atom stereocenters. The number of aromatic nitrogens is 1. The summed E-state index contributed by atoms with van der Waals surface area (Å²) in [5.41, 5.74) is 6.41. The summed E-state index contributed by atoms with van der Waals surface area (Å²) in [6.45, 7) is 2.20. The van der Waals surface area contributed by atoms with E-state index in [1.165, 1.54) is 29.3 Å². The van der Waals surface area contributed by atoms with Crippen molar-refractivity contribution in [3.8, 4) is 5.88 Å². The lowest BCUT2D eigenvalue weighted by atomic mass is 10.1. The molecule has 0 saturated carbocycles. The average molecular weight is 371 g/mol. The minimum absolute atomic E-state index is 0.0305. The lowest BCUT2D eigenvalue weighted by Crippen LogP contribution is -2.39. The molecule has 1 aromatic heterocycles. The van der Waals surface area contributed by atoms with Gasteiger partial charge in [-0.05, 0) is 43.3 Å². The highest BCUT2D eigenvalue weighted by molar-refractivity contribution is 6.44. The van der Waals surface area contributed by atoms with Crippen LogP contribution in [0, 0.1) is 5.82 Å². The molecule has 8 nitrogen and oxygen atoms in total. The Morgan fingerprint density at radius 2 is 2.07 bits per heavy atom. The summed E-state index contributed by atoms with van der Waals surface area (Å²) in [5.74, 6) is -1.27. The predicted molar refractivity (Wildman–Crippen MR) is 97.9 cm³/mol. The number of amides is 2. The van der Waals surface area contributed by atoms with Gasteiger partial charge in [-0.2, -0.15) is 5.10 Å². The first-order valence-electron chi connectivity index (χ1n) is 8.30. The van der Waals surface area contributed by atoms with Crippen molar-refractivity contribution in [3.63, 3.8) is 0 Å². The number of hydrazone groups is 1. The lowest BCUT2D eigenvalue weighted by molar-refractivity contribution is -0.119. The number of benzene rings is 1. The second-order valence-electron chi connectivity index (χ2n) is 5.73. The van der Waals surface area contributed by atoms with Gasteiger partial charge in [0, 0.05) is 12.6 Å². The first-order chi connectivity index (χ1) is 13.0. The number of hydrogen-bond acceptors (Lipinski definition) is 6. The van der Waals surface area contributed by atoms with Crippen molar-refractivity contribution in [1.29, 1.82) is 0 Å². The van der Waals surface area contributed by atoms with Gasteiger partial charge in [-0.3, -0.25) is 14.6 Å². The number of anilines is 2. The van der Waals surface area contributed by atoms with Crippen molar-refractivity contribution in [2.45, 2.75) is 19.4 Å². The van der Waals surface area contributed by atoms with Gasteiger partial charge >= 0.3 is 0 Å². The molecule has 1 aromatic carbocycles. The topological polar surface area (TPSA) is 110 Å². The van der Waals surface area contributed by atoms with Crippen molar-refractivity contribution in [2.24, 2.45) is 10.8 Å². The molecule has 27 heavy (non-hydrogen) atoms. The zero-order valence-corrected chi connectivity index (χ0v) is 14.6. The maximum Gasteiger partial charge on any atom is 0.272 e. The normalized spacial score (nSPS) is 16.0. The second-order valence-corrected chi connectivity index (χ2v) is 5.73. The van der Waals surface area contributed by atoms with E-state index in [0.29, 0.717) is 18.0 Å². The first-order valence-corrected chi connectivity index (χ1v) is 8.30. The SMILES string of the molecule is CCOc1ncccc1NC(=O)C1=NN(c2ccc(F)cc2)[C@H](C(N)=O)C1. The largest absolute Gasteiger partial charge is 0.476 e. The number of nitrogens with two attached hydrogens (primary N) is 1. The van der Waals surface area contributed by atoms with Crippen LogP contribution in [0.3, 0.4) is 0 Å². The summed E-state index contributed by atoms with van der Waals surface area (Å²) in [4.78, 5) is 28.5. The minimum Gasteiger partial charge on any atom is -0.476 e. The third-order valence-electron chi connectivity index (χ3n) is 3.89. The summed E-state index contributed by atoms with van der Waals surface area (Å²) >= 11 is 0. The molecule has 3 N–H and O–H groups in total. The first kappa shape index (κ1) is 18.3. The molecule has 0 aliphatic carbocycles. The van der Waals surface area contributed by atoms with E-state index in [-0.39, 0.29) is 18.0 Å². The number of nitrogens with zero attached hydrogens (tertiary/aromatic N) is 3. The maximum atomic E-state index is 13.1. The molecule has 0 spiro atoms. The molecular formula is C18H18FN5O3. The zero-order chi connectivity index (χ0) is 19.4. The Kier molecular flexibility index (Phi) is 5.30. The maximum absolute atomic E-state index is 13.1. The standard InChI is InChI=1S/C18H18FN5O3/c1-2-27-18-13(4-3-9-21-18)22-17(26)14-10-15(16(20)25)24(23-14)12-7-5-11(19)6-8-12/h3-9,15H,2,10H2,1H3,(H2,20,25)(H,22,26)/t15-/m0/s1. The number of carbonyl (C=O) groups is 2. The average Bonchev–Trinajstić information content (AvgIpc) is 3.10. The third kappa shape index (κ3) is 4.02. The number of halogens is 1. The van der Waals surface area contributed by atoms with Crippen molar-refractivity contribution < 1.29 is 18.7 Å². The van der Waals surface area contributed by atoms with Crippen molar-refractivity contribution in [2.75, 3.05) is 16.9 Å². The molecule has 0 fully saturated rings. The Bertz CT molecular complexity index is 885. The molecule has 3 rings (SSSR count). The van der Waals surface area contributed by atoms with E-state index >= 15 is 0 Å². The molecule has 140 valence electrons. The molecule has 9 heteroatoms. The van der Waals surface area contributed by atoms with E-state index in [0.717, 1.165) is 0 Å². The summed E-state index contributed by atoms with van der Waals surface area (Å²) in [7, 11) is 0. The van der Waals surface area contributed by atoms with Gasteiger partial charge in [0.1, 0.15) is 23.3 Å². The van der Waals surface area contributed by atoms with Crippen LogP contribution in [0.2, 0.25) is 0 Å². The Balaban J connectivity index is 1.83. The van der Waals surface area contributed by atoms with E-state index in [2.05, 4.69) is 15.4 Å². The molecule has 2 amide bonds. The number of hydrogen-bond donors (Lipinski definition) is 2. The number of carbonyl (C=O) groups excluding carboxylic acids is 2. The third-order valence-corrected chi connectivity index (χ3v) is 3.89. The highest BCUT2D eigenvalue weighted by Crippen LogP contribution is 2.26. The Labute approximate surface area is 154 Å². The fourth-order valence-electron chi connectivity index (χ4n) is 2.63. The van der Waals surface area contributed by atoms with Gasteiger partial charge < -0.3 is 15.8 Å². The Morgan fingerprint density at radius 3 is 2.74 bits per heavy atom. The molecule has 0 radical (unpaired) electrons. The van der Waals surface area contributed by atoms with E-state index < -0.39 is 23.7 Å². The summed E-state index contributed by atoms with van der Waals surface area (Å²) in [6, 6.07) is 7.88. The fraction of sp³-hybridized carbons (Fsp3) is 0.222. The van der Waals surface area contributed by atoms with Crippen LogP contribution in [-0.2, 0) is 9.59 Å². The lowest BCUT2D eigenvalue weighted by Gasteiger charge is -2.20. The Hall–Kier alpha value is -3.49. The van der Waals surface area contributed by atoms with Crippen LogP contribution in [-0.4, -0.2) is 35.2 Å². The molecule has 0 bridgehead atoms. The van der Waals surface area contributed by atoms with Gasteiger partial charge in [-0.25, -0.2) is 9.37 Å². The summed E-state index contributed by atoms with van der Waals surface area (Å²) in [5, 5.41) is 8.22. The van der Waals surface area contributed by atoms with Crippen molar-refractivity contribution in [1.82, 2.24) is 4.98 Å². The smallest absolute Gasteiger partial charge is 0.272 e. The molecule has 2 heterocycles. The quantitative estimate of drug-likeness (QED) is 0.803. The highest BCUT2D eigenvalue weighted by Gasteiger charge is 2.35. The van der Waals surface area contributed by atoms with Crippen LogP contribution in [0.1, 0.15) is 13.3 Å². The molecule has 0 saturated heterocycles. The number of rotatable bonds is 6. The van der Waals surface area contributed by atoms with Gasteiger partial charge in [0.25, 0.3) is 5.91 Å². The van der Waals surface area contributed by atoms with Crippen LogP contribution in [0.15, 0.2) is 47.7 Å². The van der Waals surface area contributed by atoms with Crippen LogP contribution in [0.25, 0.3) is 0 Å². The van der Waals surface area contributed by atoms with Crippen LogP contribution in [0.5, 0.6) is 5.88 Å². The van der Waals surface area contributed by atoms with Gasteiger partial charge in [0.15, 0.2) is 0 Å². The number of primary amides is 1. The molecule has 1 atom stereocenters. The monoisotopic (exact) mass is 371 g/mol. The van der Waals surface area contributed by atoms with Crippen LogP contribution < -0.4 is 20.8 Å². The second kappa shape index (κ2) is 7.81. The van der Waals surface area contributed by atoms with Crippen LogP contribution in [0.4, 0.5) is 15.8 Å². The highest BCUT2D eigenvalue weighted by atomic mass is 19.1. The van der Waals surface area contributed by atoms with E-state index in [1.54, 1.807) is 25.3 Å². The number of nitrogens with one attached hydrogen (secondary N) is 1. The molecular weight excluding hydrogens is 353 g/mol. The molecule has 2 aromatic rings. The Morgan fingerprint density at radius 1 is 1.33 bits per heavy atom. The van der Waals surface area contributed by atoms with Gasteiger partial charge in [0.2, 0.25) is 11.8 Å². The predicted octanol–water partition coefficient (Wildman–Crippen LogP) is 1.68. The summed E-state index contributed by atoms with van der Waals surface area (Å²) in [6.07, 6.45) is 1.58. The summed E-state index contributed by atoms with van der Waals surface area (Å²) < 4.78 is 18.5. The molecule has 1 aliphatic rings. The van der Waals surface area contributed by atoms with Crippen LogP contribution >= 0.6 is 0 Å². The zero-order valence-electron chi connectivity index (χ0n) is 14.6. The van der Waals surface area contributed by atoms with E-state index in [1.807, 2.05) is 0 Å². The van der Waals surface area contributed by atoms with Gasteiger partial charge in [-0.15, -0.1) is 0 Å². The fourth-order valence-corrected chi connectivity index (χ4v) is 2.63. The molecule has 1 aliphatic heterocycles. The minimum atomic E-state index is -0.837. The van der Waals surface area contributed by atoms with E-state index in [9.17, 15) is 14.0 Å². The van der Waals surface area contributed by atoms with Gasteiger partial charge in [0.05, 0.1) is 12.3 Å². The van der Waals surface area contributed by atoms with Crippen molar-refractivity contribution in [3.05, 3.63) is 48.4 Å². The van der Waals surface area contributed by atoms with Crippen molar-refractivity contribution >= 4 is 28.9 Å². The van der Waals surface area contributed by atoms with Gasteiger partial charge in [-0.1, -0.05) is 0 Å². The van der Waals surface area contributed by atoms with E-state index in [4.69, 9.17) is 10.5 Å².